The van der Waals surface area contributed by atoms with E-state index in [-0.39, 0.29) is 11.4 Å². The summed E-state index contributed by atoms with van der Waals surface area (Å²) < 4.78 is 44.2. The van der Waals surface area contributed by atoms with Gasteiger partial charge < -0.3 is 19.5 Å². The number of benzene rings is 3. The van der Waals surface area contributed by atoms with Crippen LogP contribution in [0.15, 0.2) is 65.6 Å². The molecule has 0 aromatic heterocycles. The van der Waals surface area contributed by atoms with E-state index in [0.29, 0.717) is 39.1 Å². The number of carbonyl (C=O) groups excluding carboxylic acids is 1. The van der Waals surface area contributed by atoms with Gasteiger partial charge in [0, 0.05) is 17.1 Å². The van der Waals surface area contributed by atoms with Gasteiger partial charge in [-0.1, -0.05) is 35.9 Å². The number of ether oxygens (including phenoxy) is 3. The zero-order chi connectivity index (χ0) is 25.6. The quantitative estimate of drug-likeness (QED) is 0.432. The number of aryl methyl sites for hydroxylation is 1. The highest BCUT2D eigenvalue weighted by molar-refractivity contribution is 7.92. The summed E-state index contributed by atoms with van der Waals surface area (Å²) >= 11 is 6.16. The molecule has 1 N–H and O–H groups in total. The van der Waals surface area contributed by atoms with E-state index in [1.165, 1.54) is 39.5 Å². The minimum absolute atomic E-state index is 0.0636. The van der Waals surface area contributed by atoms with Crippen LogP contribution in [0.1, 0.15) is 11.1 Å². The Morgan fingerprint density at radius 3 is 2.26 bits per heavy atom. The first-order valence-corrected chi connectivity index (χ1v) is 12.4. The third-order valence-electron chi connectivity index (χ3n) is 5.32. The molecule has 0 aliphatic rings. The summed E-state index contributed by atoms with van der Waals surface area (Å²) in [5.74, 6) is 0.771. The largest absolute Gasteiger partial charge is 0.493 e. The number of halogens is 1. The Labute approximate surface area is 210 Å². The summed E-state index contributed by atoms with van der Waals surface area (Å²) in [6.07, 6.45) is 0. The van der Waals surface area contributed by atoms with E-state index >= 15 is 0 Å². The second kappa shape index (κ2) is 11.3. The second-order valence-corrected chi connectivity index (χ2v) is 9.82. The lowest BCUT2D eigenvalue weighted by Crippen LogP contribution is -2.41. The highest BCUT2D eigenvalue weighted by Crippen LogP contribution is 2.39. The van der Waals surface area contributed by atoms with Crippen molar-refractivity contribution in [2.24, 2.45) is 0 Å². The minimum atomic E-state index is -4.05. The van der Waals surface area contributed by atoms with Gasteiger partial charge in [0.2, 0.25) is 11.7 Å². The van der Waals surface area contributed by atoms with Gasteiger partial charge in [0.1, 0.15) is 6.54 Å². The first-order chi connectivity index (χ1) is 16.7. The molecule has 0 aliphatic carbocycles. The van der Waals surface area contributed by atoms with Gasteiger partial charge in [-0.3, -0.25) is 9.10 Å². The number of hydrogen-bond acceptors (Lipinski definition) is 6. The van der Waals surface area contributed by atoms with E-state index in [4.69, 9.17) is 25.8 Å². The highest BCUT2D eigenvalue weighted by atomic mass is 35.5. The third-order valence-corrected chi connectivity index (χ3v) is 7.33. The first kappa shape index (κ1) is 26.2. The van der Waals surface area contributed by atoms with Gasteiger partial charge in [-0.15, -0.1) is 0 Å². The summed E-state index contributed by atoms with van der Waals surface area (Å²) in [4.78, 5) is 13.1. The van der Waals surface area contributed by atoms with Crippen LogP contribution in [0.25, 0.3) is 0 Å². The molecule has 3 aromatic carbocycles. The van der Waals surface area contributed by atoms with E-state index < -0.39 is 22.5 Å². The van der Waals surface area contributed by atoms with E-state index in [1.54, 1.807) is 49.4 Å². The molecule has 186 valence electrons. The maximum absolute atomic E-state index is 13.5. The summed E-state index contributed by atoms with van der Waals surface area (Å²) in [5, 5.41) is 3.12. The SMILES string of the molecule is COc1ccc(CNC(=O)CN(c2cc(Cl)ccc2C)S(=O)(=O)c2ccccc2)c(OC)c1OC. The van der Waals surface area contributed by atoms with Crippen LogP contribution < -0.4 is 23.8 Å². The van der Waals surface area contributed by atoms with Gasteiger partial charge in [-0.25, -0.2) is 8.42 Å². The van der Waals surface area contributed by atoms with Crippen LogP contribution in [0.5, 0.6) is 17.2 Å². The van der Waals surface area contributed by atoms with Crippen molar-refractivity contribution in [3.8, 4) is 17.2 Å². The van der Waals surface area contributed by atoms with E-state index in [9.17, 15) is 13.2 Å². The number of carbonyl (C=O) groups is 1. The Kier molecular flexibility index (Phi) is 8.48. The lowest BCUT2D eigenvalue weighted by atomic mass is 10.1. The first-order valence-electron chi connectivity index (χ1n) is 10.6. The van der Waals surface area contributed by atoms with Crippen molar-refractivity contribution in [2.45, 2.75) is 18.4 Å². The second-order valence-electron chi connectivity index (χ2n) is 7.53. The molecular formula is C25H27ClN2O6S. The maximum Gasteiger partial charge on any atom is 0.264 e. The van der Waals surface area contributed by atoms with E-state index in [1.807, 2.05) is 0 Å². The van der Waals surface area contributed by atoms with Crippen molar-refractivity contribution in [1.29, 1.82) is 0 Å². The number of sulfonamides is 1. The Morgan fingerprint density at radius 2 is 1.63 bits per heavy atom. The molecule has 0 atom stereocenters. The zero-order valence-corrected chi connectivity index (χ0v) is 21.4. The summed E-state index contributed by atoms with van der Waals surface area (Å²) in [7, 11) is 0.434. The Balaban J connectivity index is 1.90. The smallest absolute Gasteiger partial charge is 0.264 e. The Bertz CT molecular complexity index is 1300. The standard InChI is InChI=1S/C25H27ClN2O6S/c1-17-10-12-19(26)14-21(17)28(35(30,31)20-8-6-5-7-9-20)16-23(29)27-15-18-11-13-22(32-2)25(34-4)24(18)33-3/h5-14H,15-16H2,1-4H3,(H,27,29). The fourth-order valence-corrected chi connectivity index (χ4v) is 5.22. The molecule has 35 heavy (non-hydrogen) atoms. The molecule has 1 amide bonds. The minimum Gasteiger partial charge on any atom is -0.493 e. The zero-order valence-electron chi connectivity index (χ0n) is 19.9. The van der Waals surface area contributed by atoms with Crippen LogP contribution in [-0.4, -0.2) is 42.2 Å². The van der Waals surface area contributed by atoms with Gasteiger partial charge in [-0.05, 0) is 48.9 Å². The van der Waals surface area contributed by atoms with Gasteiger partial charge in [0.15, 0.2) is 11.5 Å². The molecular weight excluding hydrogens is 492 g/mol. The fourth-order valence-electron chi connectivity index (χ4n) is 3.55. The normalized spacial score (nSPS) is 11.0. The summed E-state index contributed by atoms with van der Waals surface area (Å²) in [6.45, 7) is 1.38. The topological polar surface area (TPSA) is 94.2 Å². The van der Waals surface area contributed by atoms with Gasteiger partial charge in [0.25, 0.3) is 10.0 Å². The summed E-state index contributed by atoms with van der Waals surface area (Å²) in [5.41, 5.74) is 1.61. The molecule has 3 rings (SSSR count). The molecule has 0 fully saturated rings. The van der Waals surface area contributed by atoms with Crippen LogP contribution >= 0.6 is 11.6 Å². The Hall–Kier alpha value is -3.43. The van der Waals surface area contributed by atoms with Gasteiger partial charge in [0.05, 0.1) is 31.9 Å². The van der Waals surface area contributed by atoms with Crippen LogP contribution in [0.2, 0.25) is 5.02 Å². The van der Waals surface area contributed by atoms with Gasteiger partial charge in [-0.2, -0.15) is 0 Å². The van der Waals surface area contributed by atoms with Crippen molar-refractivity contribution in [3.05, 3.63) is 76.8 Å². The molecule has 0 radical (unpaired) electrons. The maximum atomic E-state index is 13.5. The van der Waals surface area contributed by atoms with Crippen molar-refractivity contribution in [3.63, 3.8) is 0 Å². The average Bonchev–Trinajstić information content (AvgIpc) is 2.87. The Morgan fingerprint density at radius 1 is 0.943 bits per heavy atom. The number of amides is 1. The van der Waals surface area contributed by atoms with Crippen LogP contribution in [0.3, 0.4) is 0 Å². The predicted octanol–water partition coefficient (Wildman–Crippen LogP) is 4.19. The fraction of sp³-hybridized carbons (Fsp3) is 0.240. The molecule has 0 saturated heterocycles. The van der Waals surface area contributed by atoms with Crippen molar-refractivity contribution in [1.82, 2.24) is 5.32 Å². The summed E-state index contributed by atoms with van der Waals surface area (Å²) in [6, 6.07) is 16.3. The van der Waals surface area contributed by atoms with Gasteiger partial charge >= 0.3 is 0 Å². The molecule has 0 saturated carbocycles. The number of nitrogens with zero attached hydrogens (tertiary/aromatic N) is 1. The monoisotopic (exact) mass is 518 g/mol. The van der Waals surface area contributed by atoms with E-state index in [2.05, 4.69) is 5.32 Å². The van der Waals surface area contributed by atoms with Crippen molar-refractivity contribution < 1.29 is 27.4 Å². The molecule has 0 unspecified atom stereocenters. The van der Waals surface area contributed by atoms with E-state index in [0.717, 1.165) is 4.31 Å². The molecule has 8 nitrogen and oxygen atoms in total. The number of hydrogen-bond donors (Lipinski definition) is 1. The molecule has 3 aromatic rings. The number of nitrogens with one attached hydrogen (secondary N) is 1. The van der Waals surface area contributed by atoms with Crippen molar-refractivity contribution >= 4 is 33.2 Å². The number of anilines is 1. The molecule has 0 heterocycles. The molecule has 0 bridgehead atoms. The molecule has 10 heteroatoms. The van der Waals surface area contributed by atoms with Crippen LogP contribution in [-0.2, 0) is 21.4 Å². The van der Waals surface area contributed by atoms with Crippen LogP contribution in [0.4, 0.5) is 5.69 Å². The van der Waals surface area contributed by atoms with Crippen LogP contribution in [0, 0.1) is 6.92 Å². The highest BCUT2D eigenvalue weighted by Gasteiger charge is 2.28. The average molecular weight is 519 g/mol. The molecule has 0 aliphatic heterocycles. The lowest BCUT2D eigenvalue weighted by molar-refractivity contribution is -0.119. The molecule has 0 spiro atoms. The third kappa shape index (κ3) is 5.80. The lowest BCUT2D eigenvalue weighted by Gasteiger charge is -2.26. The number of rotatable bonds is 10. The van der Waals surface area contributed by atoms with Crippen molar-refractivity contribution in [2.75, 3.05) is 32.2 Å². The predicted molar refractivity (Wildman–Crippen MR) is 135 cm³/mol. The number of methoxy groups -OCH3 is 3.